The minimum absolute atomic E-state index is 0.0874. The highest BCUT2D eigenvalue weighted by atomic mass is 16.4. The Hall–Kier alpha value is -1.58. The van der Waals surface area contributed by atoms with Gasteiger partial charge in [0.25, 0.3) is 0 Å². The van der Waals surface area contributed by atoms with E-state index in [1.54, 1.807) is 0 Å². The number of carboxylic acids is 1. The van der Waals surface area contributed by atoms with Gasteiger partial charge in [0.15, 0.2) is 0 Å². The monoisotopic (exact) mass is 192 g/mol. The SMILES string of the molecule is C=C(C(=O)O)c1n[nH]c2c1CCCC2. The lowest BCUT2D eigenvalue weighted by Crippen LogP contribution is -2.05. The summed E-state index contributed by atoms with van der Waals surface area (Å²) in [6.07, 6.45) is 4.13. The van der Waals surface area contributed by atoms with E-state index < -0.39 is 5.97 Å². The zero-order chi connectivity index (χ0) is 10.1. The lowest BCUT2D eigenvalue weighted by Gasteiger charge is -2.10. The molecular weight excluding hydrogens is 180 g/mol. The molecule has 0 unspecified atom stereocenters. The molecule has 2 rings (SSSR count). The Kier molecular flexibility index (Phi) is 2.11. The number of fused-ring (bicyclic) bond motifs is 1. The Labute approximate surface area is 81.6 Å². The van der Waals surface area contributed by atoms with Crippen LogP contribution in [-0.4, -0.2) is 21.3 Å². The maximum atomic E-state index is 10.7. The zero-order valence-corrected chi connectivity index (χ0v) is 7.84. The fourth-order valence-corrected chi connectivity index (χ4v) is 1.83. The van der Waals surface area contributed by atoms with Gasteiger partial charge >= 0.3 is 5.97 Å². The van der Waals surface area contributed by atoms with Gasteiger partial charge < -0.3 is 5.11 Å². The quantitative estimate of drug-likeness (QED) is 0.696. The summed E-state index contributed by atoms with van der Waals surface area (Å²) in [5.74, 6) is -0.995. The normalized spacial score (nSPS) is 14.9. The van der Waals surface area contributed by atoms with Crippen molar-refractivity contribution in [1.82, 2.24) is 10.2 Å². The van der Waals surface area contributed by atoms with E-state index in [4.69, 9.17) is 5.11 Å². The van der Waals surface area contributed by atoms with Gasteiger partial charge in [-0.3, -0.25) is 5.10 Å². The number of rotatable bonds is 2. The van der Waals surface area contributed by atoms with E-state index in [0.717, 1.165) is 36.9 Å². The molecule has 14 heavy (non-hydrogen) atoms. The Balaban J connectivity index is 2.39. The van der Waals surface area contributed by atoms with Gasteiger partial charge in [-0.25, -0.2) is 4.79 Å². The molecule has 0 spiro atoms. The number of aromatic nitrogens is 2. The van der Waals surface area contributed by atoms with Crippen molar-refractivity contribution in [2.24, 2.45) is 0 Å². The van der Waals surface area contributed by atoms with Crippen molar-refractivity contribution in [3.8, 4) is 0 Å². The molecule has 4 heteroatoms. The predicted octanol–water partition coefficient (Wildman–Crippen LogP) is 1.39. The average molecular weight is 192 g/mol. The van der Waals surface area contributed by atoms with E-state index in [1.165, 1.54) is 0 Å². The molecular formula is C10H12N2O2. The molecule has 0 saturated carbocycles. The van der Waals surface area contributed by atoms with Crippen molar-refractivity contribution < 1.29 is 9.90 Å². The van der Waals surface area contributed by atoms with Crippen molar-refractivity contribution in [3.63, 3.8) is 0 Å². The fourth-order valence-electron chi connectivity index (χ4n) is 1.83. The molecule has 0 atom stereocenters. The van der Waals surface area contributed by atoms with Crippen LogP contribution in [-0.2, 0) is 17.6 Å². The molecule has 0 fully saturated rings. The van der Waals surface area contributed by atoms with E-state index in [9.17, 15) is 4.79 Å². The Morgan fingerprint density at radius 2 is 2.14 bits per heavy atom. The standard InChI is InChI=1S/C10H12N2O2/c1-6(10(13)14)9-7-4-2-3-5-8(7)11-12-9/h1-5H2,(H,11,12)(H,13,14). The van der Waals surface area contributed by atoms with Crippen LogP contribution in [0.3, 0.4) is 0 Å². The molecule has 0 radical (unpaired) electrons. The van der Waals surface area contributed by atoms with E-state index >= 15 is 0 Å². The number of H-pyrrole nitrogens is 1. The second kappa shape index (κ2) is 3.29. The Morgan fingerprint density at radius 1 is 1.43 bits per heavy atom. The van der Waals surface area contributed by atoms with Gasteiger partial charge in [-0.2, -0.15) is 5.10 Å². The van der Waals surface area contributed by atoms with Crippen molar-refractivity contribution in [2.75, 3.05) is 0 Å². The summed E-state index contributed by atoms with van der Waals surface area (Å²) in [6, 6.07) is 0. The van der Waals surface area contributed by atoms with Gasteiger partial charge in [0, 0.05) is 11.3 Å². The van der Waals surface area contributed by atoms with E-state index in [-0.39, 0.29) is 5.57 Å². The highest BCUT2D eigenvalue weighted by Gasteiger charge is 2.21. The number of carbonyl (C=O) groups is 1. The molecule has 0 amide bonds. The molecule has 1 heterocycles. The Morgan fingerprint density at radius 3 is 2.86 bits per heavy atom. The van der Waals surface area contributed by atoms with Gasteiger partial charge in [0.1, 0.15) is 5.69 Å². The average Bonchev–Trinajstić information content (AvgIpc) is 2.60. The molecule has 1 aliphatic rings. The molecule has 0 aromatic carbocycles. The molecule has 2 N–H and O–H groups in total. The summed E-state index contributed by atoms with van der Waals surface area (Å²) in [5, 5.41) is 15.7. The van der Waals surface area contributed by atoms with Crippen molar-refractivity contribution in [1.29, 1.82) is 0 Å². The van der Waals surface area contributed by atoms with E-state index in [2.05, 4.69) is 16.8 Å². The predicted molar refractivity (Wildman–Crippen MR) is 51.9 cm³/mol. The summed E-state index contributed by atoms with van der Waals surface area (Å²) < 4.78 is 0. The number of nitrogens with zero attached hydrogens (tertiary/aromatic N) is 1. The molecule has 1 aliphatic carbocycles. The maximum Gasteiger partial charge on any atom is 0.337 e. The Bertz CT molecular complexity index is 393. The number of hydrogen-bond donors (Lipinski definition) is 2. The molecule has 74 valence electrons. The minimum atomic E-state index is -0.995. The van der Waals surface area contributed by atoms with Crippen LogP contribution in [0.4, 0.5) is 0 Å². The molecule has 0 bridgehead atoms. The number of aliphatic carboxylic acids is 1. The van der Waals surface area contributed by atoms with Crippen molar-refractivity contribution in [3.05, 3.63) is 23.5 Å². The minimum Gasteiger partial charge on any atom is -0.478 e. The highest BCUT2D eigenvalue weighted by molar-refractivity contribution is 6.14. The molecule has 0 aliphatic heterocycles. The van der Waals surface area contributed by atoms with E-state index in [1.807, 2.05) is 0 Å². The molecule has 1 aromatic rings. The first-order valence-corrected chi connectivity index (χ1v) is 4.69. The topological polar surface area (TPSA) is 66.0 Å². The third-order valence-corrected chi connectivity index (χ3v) is 2.60. The smallest absolute Gasteiger partial charge is 0.337 e. The largest absolute Gasteiger partial charge is 0.478 e. The lowest BCUT2D eigenvalue weighted by molar-refractivity contribution is -0.130. The van der Waals surface area contributed by atoms with Crippen LogP contribution in [0.1, 0.15) is 29.8 Å². The number of carboxylic acid groups (broad SMARTS) is 1. The van der Waals surface area contributed by atoms with Gasteiger partial charge in [-0.1, -0.05) is 6.58 Å². The van der Waals surface area contributed by atoms with Crippen LogP contribution in [0.2, 0.25) is 0 Å². The van der Waals surface area contributed by atoms with Crippen LogP contribution in [0.25, 0.3) is 5.57 Å². The van der Waals surface area contributed by atoms with Crippen LogP contribution in [0.5, 0.6) is 0 Å². The van der Waals surface area contributed by atoms with Crippen LogP contribution in [0, 0.1) is 0 Å². The molecule has 4 nitrogen and oxygen atoms in total. The number of nitrogens with one attached hydrogen (secondary N) is 1. The van der Waals surface area contributed by atoms with E-state index in [0.29, 0.717) is 5.69 Å². The first kappa shape index (κ1) is 8.99. The lowest BCUT2D eigenvalue weighted by atomic mass is 9.94. The second-order valence-corrected chi connectivity index (χ2v) is 3.52. The highest BCUT2D eigenvalue weighted by Crippen LogP contribution is 2.25. The molecule has 1 aromatic heterocycles. The summed E-state index contributed by atoms with van der Waals surface area (Å²) >= 11 is 0. The third kappa shape index (κ3) is 1.32. The number of aromatic amines is 1. The van der Waals surface area contributed by atoms with Crippen molar-refractivity contribution in [2.45, 2.75) is 25.7 Å². The molecule has 0 saturated heterocycles. The fraction of sp³-hybridized carbons (Fsp3) is 0.400. The zero-order valence-electron chi connectivity index (χ0n) is 7.84. The van der Waals surface area contributed by atoms with Crippen LogP contribution in [0.15, 0.2) is 6.58 Å². The van der Waals surface area contributed by atoms with Crippen molar-refractivity contribution >= 4 is 11.5 Å². The second-order valence-electron chi connectivity index (χ2n) is 3.52. The van der Waals surface area contributed by atoms with Crippen LogP contribution < -0.4 is 0 Å². The third-order valence-electron chi connectivity index (χ3n) is 2.60. The first-order chi connectivity index (χ1) is 6.70. The van der Waals surface area contributed by atoms with Gasteiger partial charge in [-0.05, 0) is 25.7 Å². The van der Waals surface area contributed by atoms with Gasteiger partial charge in [0.2, 0.25) is 0 Å². The summed E-state index contributed by atoms with van der Waals surface area (Å²) in [4.78, 5) is 10.7. The summed E-state index contributed by atoms with van der Waals surface area (Å²) in [5.41, 5.74) is 2.74. The van der Waals surface area contributed by atoms with Gasteiger partial charge in [-0.15, -0.1) is 0 Å². The first-order valence-electron chi connectivity index (χ1n) is 4.69. The van der Waals surface area contributed by atoms with Gasteiger partial charge in [0.05, 0.1) is 5.57 Å². The van der Waals surface area contributed by atoms with Crippen LogP contribution >= 0.6 is 0 Å². The maximum absolute atomic E-state index is 10.7. The summed E-state index contributed by atoms with van der Waals surface area (Å²) in [7, 11) is 0. The number of aryl methyl sites for hydroxylation is 1. The summed E-state index contributed by atoms with van der Waals surface area (Å²) in [6.45, 7) is 3.52. The number of hydrogen-bond acceptors (Lipinski definition) is 2.